The van der Waals surface area contributed by atoms with Crippen molar-refractivity contribution in [3.63, 3.8) is 0 Å². The number of ether oxygens (including phenoxy) is 3. The van der Waals surface area contributed by atoms with Gasteiger partial charge in [0.05, 0.1) is 32.0 Å². The van der Waals surface area contributed by atoms with E-state index >= 15 is 0 Å². The first-order valence-corrected chi connectivity index (χ1v) is 8.12. The van der Waals surface area contributed by atoms with Crippen molar-refractivity contribution >= 4 is 5.97 Å². The van der Waals surface area contributed by atoms with Gasteiger partial charge in [-0.05, 0) is 52.0 Å². The SMILES string of the molecule is CCNC(COC1CC(C)OC(C)C1)(C(=O)OC)C1CC1. The average Bonchev–Trinajstić information content (AvgIpc) is 3.26. The third-order valence-electron chi connectivity index (χ3n) is 4.52. The van der Waals surface area contributed by atoms with E-state index < -0.39 is 5.54 Å². The van der Waals surface area contributed by atoms with Crippen LogP contribution in [0.15, 0.2) is 0 Å². The van der Waals surface area contributed by atoms with Gasteiger partial charge in [0.1, 0.15) is 5.54 Å². The molecule has 1 aliphatic carbocycles. The molecule has 0 aromatic carbocycles. The number of carbonyl (C=O) groups is 1. The van der Waals surface area contributed by atoms with E-state index in [4.69, 9.17) is 14.2 Å². The zero-order valence-electron chi connectivity index (χ0n) is 13.7. The number of hydrogen-bond donors (Lipinski definition) is 1. The number of methoxy groups -OCH3 is 1. The molecule has 0 aromatic heterocycles. The Labute approximate surface area is 127 Å². The molecule has 3 unspecified atom stereocenters. The molecule has 0 radical (unpaired) electrons. The van der Waals surface area contributed by atoms with Gasteiger partial charge in [-0.15, -0.1) is 0 Å². The first-order chi connectivity index (χ1) is 10.0. The molecule has 122 valence electrons. The topological polar surface area (TPSA) is 56.8 Å². The number of carbonyl (C=O) groups excluding carboxylic acids is 1. The number of likely N-dealkylation sites (N-methyl/N-ethyl adjacent to an activating group) is 1. The van der Waals surface area contributed by atoms with Crippen LogP contribution in [0.2, 0.25) is 0 Å². The monoisotopic (exact) mass is 299 g/mol. The summed E-state index contributed by atoms with van der Waals surface area (Å²) in [4.78, 5) is 12.3. The normalized spacial score (nSPS) is 32.5. The maximum absolute atomic E-state index is 12.3. The molecule has 2 rings (SSSR count). The van der Waals surface area contributed by atoms with Crippen molar-refractivity contribution in [1.29, 1.82) is 0 Å². The second kappa shape index (κ2) is 7.07. The van der Waals surface area contributed by atoms with Crippen LogP contribution in [0.1, 0.15) is 46.5 Å². The number of esters is 1. The highest BCUT2D eigenvalue weighted by Gasteiger charge is 2.52. The Bertz CT molecular complexity index is 348. The fourth-order valence-electron chi connectivity index (χ4n) is 3.41. The standard InChI is InChI=1S/C16H29NO4/c1-5-17-16(13-6-7-13,15(18)19-4)10-20-14-8-11(2)21-12(3)9-14/h11-14,17H,5-10H2,1-4H3. The molecule has 0 bridgehead atoms. The summed E-state index contributed by atoms with van der Waals surface area (Å²) >= 11 is 0. The summed E-state index contributed by atoms with van der Waals surface area (Å²) in [6, 6.07) is 0. The van der Waals surface area contributed by atoms with E-state index in [-0.39, 0.29) is 24.3 Å². The van der Waals surface area contributed by atoms with Crippen LogP contribution in [0.4, 0.5) is 0 Å². The molecule has 21 heavy (non-hydrogen) atoms. The van der Waals surface area contributed by atoms with Crippen LogP contribution >= 0.6 is 0 Å². The Morgan fingerprint density at radius 2 is 1.90 bits per heavy atom. The molecule has 1 aliphatic heterocycles. The third-order valence-corrected chi connectivity index (χ3v) is 4.52. The second-order valence-electron chi connectivity index (χ2n) is 6.43. The van der Waals surface area contributed by atoms with Crippen LogP contribution < -0.4 is 5.32 Å². The molecule has 3 atom stereocenters. The Hall–Kier alpha value is -0.650. The van der Waals surface area contributed by atoms with E-state index in [1.54, 1.807) is 0 Å². The van der Waals surface area contributed by atoms with Gasteiger partial charge in [0.25, 0.3) is 0 Å². The van der Waals surface area contributed by atoms with Crippen molar-refractivity contribution in [1.82, 2.24) is 5.32 Å². The van der Waals surface area contributed by atoms with Gasteiger partial charge in [-0.1, -0.05) is 6.92 Å². The Morgan fingerprint density at radius 1 is 1.29 bits per heavy atom. The van der Waals surface area contributed by atoms with Crippen LogP contribution in [-0.4, -0.2) is 50.1 Å². The lowest BCUT2D eigenvalue weighted by molar-refractivity contribution is -0.157. The highest BCUT2D eigenvalue weighted by molar-refractivity contribution is 5.82. The van der Waals surface area contributed by atoms with E-state index in [0.29, 0.717) is 12.5 Å². The number of hydrogen-bond acceptors (Lipinski definition) is 5. The van der Waals surface area contributed by atoms with Crippen LogP contribution in [0, 0.1) is 5.92 Å². The molecular formula is C16H29NO4. The van der Waals surface area contributed by atoms with Gasteiger partial charge in [0.15, 0.2) is 0 Å². The van der Waals surface area contributed by atoms with E-state index in [1.165, 1.54) is 7.11 Å². The third kappa shape index (κ3) is 3.96. The largest absolute Gasteiger partial charge is 0.468 e. The van der Waals surface area contributed by atoms with E-state index in [2.05, 4.69) is 19.2 Å². The van der Waals surface area contributed by atoms with Crippen molar-refractivity contribution in [3.8, 4) is 0 Å². The molecule has 0 spiro atoms. The quantitative estimate of drug-likeness (QED) is 0.728. The van der Waals surface area contributed by atoms with E-state index in [1.807, 2.05) is 6.92 Å². The fourth-order valence-corrected chi connectivity index (χ4v) is 3.41. The summed E-state index contributed by atoms with van der Waals surface area (Å²) in [5, 5.41) is 3.34. The van der Waals surface area contributed by atoms with Gasteiger partial charge in [0.2, 0.25) is 0 Å². The van der Waals surface area contributed by atoms with E-state index in [9.17, 15) is 4.79 Å². The molecule has 1 heterocycles. The van der Waals surface area contributed by atoms with Gasteiger partial charge >= 0.3 is 5.97 Å². The average molecular weight is 299 g/mol. The van der Waals surface area contributed by atoms with Gasteiger partial charge in [-0.2, -0.15) is 0 Å². The van der Waals surface area contributed by atoms with Gasteiger partial charge < -0.3 is 14.2 Å². The smallest absolute Gasteiger partial charge is 0.328 e. The zero-order valence-corrected chi connectivity index (χ0v) is 13.7. The van der Waals surface area contributed by atoms with Crippen LogP contribution in [0.25, 0.3) is 0 Å². The first kappa shape index (κ1) is 16.7. The molecule has 1 N–H and O–H groups in total. The molecule has 0 aromatic rings. The summed E-state index contributed by atoms with van der Waals surface area (Å²) in [5.74, 6) is 0.139. The van der Waals surface area contributed by atoms with Gasteiger partial charge in [-0.3, -0.25) is 5.32 Å². The lowest BCUT2D eigenvalue weighted by Gasteiger charge is -2.36. The number of rotatable bonds is 7. The minimum absolute atomic E-state index is 0.158. The van der Waals surface area contributed by atoms with Crippen molar-refractivity contribution in [3.05, 3.63) is 0 Å². The zero-order chi connectivity index (χ0) is 15.5. The van der Waals surface area contributed by atoms with Gasteiger partial charge in [0, 0.05) is 0 Å². The minimum atomic E-state index is -0.672. The highest BCUT2D eigenvalue weighted by Crippen LogP contribution is 2.41. The van der Waals surface area contributed by atoms with Crippen molar-refractivity contribution < 1.29 is 19.0 Å². The Kier molecular flexibility index (Phi) is 5.63. The minimum Gasteiger partial charge on any atom is -0.468 e. The maximum Gasteiger partial charge on any atom is 0.328 e. The van der Waals surface area contributed by atoms with Gasteiger partial charge in [-0.25, -0.2) is 4.79 Å². The lowest BCUT2D eigenvalue weighted by Crippen LogP contribution is -2.58. The molecule has 1 saturated carbocycles. The van der Waals surface area contributed by atoms with Crippen molar-refractivity contribution in [2.45, 2.75) is 70.3 Å². The summed E-state index contributed by atoms with van der Waals surface area (Å²) < 4.78 is 16.9. The lowest BCUT2D eigenvalue weighted by atomic mass is 9.93. The predicted octanol–water partition coefficient (Wildman–Crippen LogP) is 1.89. The number of nitrogens with one attached hydrogen (secondary N) is 1. The summed E-state index contributed by atoms with van der Waals surface area (Å²) in [6.45, 7) is 7.28. The molecular weight excluding hydrogens is 270 g/mol. The summed E-state index contributed by atoms with van der Waals surface area (Å²) in [7, 11) is 1.45. The molecule has 2 aliphatic rings. The Morgan fingerprint density at radius 3 is 2.38 bits per heavy atom. The van der Waals surface area contributed by atoms with Crippen molar-refractivity contribution in [2.75, 3.05) is 20.3 Å². The van der Waals surface area contributed by atoms with Crippen molar-refractivity contribution in [2.24, 2.45) is 5.92 Å². The highest BCUT2D eigenvalue weighted by atomic mass is 16.5. The predicted molar refractivity (Wildman–Crippen MR) is 80.1 cm³/mol. The second-order valence-corrected chi connectivity index (χ2v) is 6.43. The van der Waals surface area contributed by atoms with Crippen LogP contribution in [-0.2, 0) is 19.0 Å². The van der Waals surface area contributed by atoms with Crippen LogP contribution in [0.5, 0.6) is 0 Å². The summed E-state index contributed by atoms with van der Waals surface area (Å²) in [6.07, 6.45) is 4.48. The Balaban J connectivity index is 1.99. The maximum atomic E-state index is 12.3. The molecule has 0 amide bonds. The fraction of sp³-hybridized carbons (Fsp3) is 0.938. The van der Waals surface area contributed by atoms with Crippen LogP contribution in [0.3, 0.4) is 0 Å². The molecule has 1 saturated heterocycles. The summed E-state index contributed by atoms with van der Waals surface area (Å²) in [5.41, 5.74) is -0.672. The molecule has 5 heteroatoms. The molecule has 2 fully saturated rings. The molecule has 5 nitrogen and oxygen atoms in total. The van der Waals surface area contributed by atoms with E-state index in [0.717, 1.165) is 32.2 Å². The first-order valence-electron chi connectivity index (χ1n) is 8.12.